The van der Waals surface area contributed by atoms with Gasteiger partial charge in [-0.3, -0.25) is 14.7 Å². The second-order valence-electron chi connectivity index (χ2n) is 11.2. The van der Waals surface area contributed by atoms with Crippen LogP contribution in [0.1, 0.15) is 60.3 Å². The van der Waals surface area contributed by atoms with E-state index in [-0.39, 0.29) is 28.6 Å². The van der Waals surface area contributed by atoms with Gasteiger partial charge in [-0.25, -0.2) is 9.79 Å². The molecule has 0 unspecified atom stereocenters. The summed E-state index contributed by atoms with van der Waals surface area (Å²) in [5, 5.41) is 3.31. The Labute approximate surface area is 207 Å². The van der Waals surface area contributed by atoms with E-state index < -0.39 is 5.60 Å². The van der Waals surface area contributed by atoms with Crippen molar-refractivity contribution in [3.63, 3.8) is 0 Å². The third kappa shape index (κ3) is 5.16. The minimum Gasteiger partial charge on any atom is -0.444 e. The van der Waals surface area contributed by atoms with Crippen molar-refractivity contribution in [3.05, 3.63) is 23.5 Å². The van der Waals surface area contributed by atoms with Crippen molar-refractivity contribution in [2.24, 2.45) is 27.2 Å². The third-order valence-electron chi connectivity index (χ3n) is 7.03. The van der Waals surface area contributed by atoms with E-state index in [1.807, 2.05) is 33.8 Å². The Morgan fingerprint density at radius 1 is 1.35 bits per heavy atom. The van der Waals surface area contributed by atoms with Crippen molar-refractivity contribution >= 4 is 35.3 Å². The number of likely N-dealkylation sites (tertiary alicyclic amines) is 1. The zero-order valence-corrected chi connectivity index (χ0v) is 21.6. The maximum Gasteiger partial charge on any atom is 0.410 e. The van der Waals surface area contributed by atoms with Gasteiger partial charge >= 0.3 is 6.09 Å². The fourth-order valence-electron chi connectivity index (χ4n) is 5.27. The van der Waals surface area contributed by atoms with E-state index >= 15 is 0 Å². The molecule has 9 heteroatoms. The summed E-state index contributed by atoms with van der Waals surface area (Å²) in [6, 6.07) is 0.0188. The van der Waals surface area contributed by atoms with Gasteiger partial charge in [-0.2, -0.15) is 0 Å². The predicted octanol–water partition coefficient (Wildman–Crippen LogP) is 4.27. The molecule has 1 spiro atoms. The van der Waals surface area contributed by atoms with E-state index in [9.17, 15) is 9.59 Å². The van der Waals surface area contributed by atoms with E-state index in [0.29, 0.717) is 35.7 Å². The van der Waals surface area contributed by atoms with Crippen molar-refractivity contribution in [1.82, 2.24) is 15.1 Å². The van der Waals surface area contributed by atoms with E-state index in [1.165, 1.54) is 0 Å². The summed E-state index contributed by atoms with van der Waals surface area (Å²) in [5.41, 5.74) is 0.424. The molecule has 2 amide bonds. The van der Waals surface area contributed by atoms with E-state index in [2.05, 4.69) is 23.8 Å². The molecule has 0 aromatic heterocycles. The summed E-state index contributed by atoms with van der Waals surface area (Å²) in [6.45, 7) is 15.3. The number of amides is 2. The Bertz CT molecular complexity index is 962. The lowest BCUT2D eigenvalue weighted by Gasteiger charge is -2.58. The first-order valence-corrected chi connectivity index (χ1v) is 12.5. The van der Waals surface area contributed by atoms with Crippen molar-refractivity contribution < 1.29 is 14.3 Å². The molecule has 186 valence electrons. The van der Waals surface area contributed by atoms with Crippen LogP contribution in [0.25, 0.3) is 0 Å². The van der Waals surface area contributed by atoms with Gasteiger partial charge in [0.1, 0.15) is 10.8 Å². The smallest absolute Gasteiger partial charge is 0.410 e. The predicted molar refractivity (Wildman–Crippen MR) is 134 cm³/mol. The number of hydrogen-bond donors (Lipinski definition) is 1. The summed E-state index contributed by atoms with van der Waals surface area (Å²) in [7, 11) is 0. The standard InChI is InChI=1S/C25H36ClN5O3/c1-7-19-21(28-16(3)26)31(15(2)18-8-9-18)22(32)20(29-19)27-12-17-10-25(11-17)13-30(14-25)23(33)34-24(4,5)6/h7,15,17-18H,3,8-14H2,1-2,4-6H3,(H,27,29)/b19-7+,28-21?/t15-/m0/s1. The molecule has 1 N–H and O–H groups in total. The van der Waals surface area contributed by atoms with E-state index in [1.54, 1.807) is 9.80 Å². The molecule has 8 nitrogen and oxygen atoms in total. The second kappa shape index (κ2) is 9.02. The molecule has 2 heterocycles. The molecule has 34 heavy (non-hydrogen) atoms. The van der Waals surface area contributed by atoms with Crippen LogP contribution in [0, 0.1) is 17.3 Å². The Morgan fingerprint density at radius 2 is 2.00 bits per heavy atom. The highest BCUT2D eigenvalue weighted by molar-refractivity contribution is 6.45. The molecule has 2 aliphatic heterocycles. The first-order chi connectivity index (χ1) is 15.9. The average Bonchev–Trinajstić information content (AvgIpc) is 3.50. The summed E-state index contributed by atoms with van der Waals surface area (Å²) < 4.78 is 5.46. The van der Waals surface area contributed by atoms with Crippen molar-refractivity contribution in [3.8, 4) is 0 Å². The Balaban J connectivity index is 1.37. The van der Waals surface area contributed by atoms with Crippen LogP contribution >= 0.6 is 11.6 Å². The molecular formula is C25H36ClN5O3. The normalized spacial score (nSPS) is 27.0. The lowest BCUT2D eigenvalue weighted by molar-refractivity contribution is -0.122. The van der Waals surface area contributed by atoms with Crippen molar-refractivity contribution in [2.75, 3.05) is 19.6 Å². The lowest BCUT2D eigenvalue weighted by atomic mass is 9.58. The second-order valence-corrected chi connectivity index (χ2v) is 11.6. The monoisotopic (exact) mass is 489 g/mol. The average molecular weight is 490 g/mol. The quantitative estimate of drug-likeness (QED) is 0.584. The van der Waals surface area contributed by atoms with Gasteiger partial charge in [0, 0.05) is 31.1 Å². The van der Waals surface area contributed by atoms with Crippen molar-refractivity contribution in [1.29, 1.82) is 0 Å². The number of rotatable bonds is 5. The Hall–Kier alpha value is -2.35. The number of nitrogens with zero attached hydrogens (tertiary/aromatic N) is 4. The van der Waals surface area contributed by atoms with Gasteiger partial charge in [-0.1, -0.05) is 24.3 Å². The molecule has 2 saturated carbocycles. The van der Waals surface area contributed by atoms with Crippen LogP contribution < -0.4 is 5.32 Å². The lowest BCUT2D eigenvalue weighted by Crippen LogP contribution is -2.64. The molecule has 4 rings (SSSR count). The summed E-state index contributed by atoms with van der Waals surface area (Å²) >= 11 is 5.98. The number of allylic oxidation sites excluding steroid dienone is 1. The molecular weight excluding hydrogens is 454 g/mol. The van der Waals surface area contributed by atoms with Gasteiger partial charge < -0.3 is 15.0 Å². The molecule has 0 aromatic carbocycles. The van der Waals surface area contributed by atoms with Crippen LogP contribution in [-0.4, -0.2) is 64.7 Å². The molecule has 2 aliphatic carbocycles. The number of piperazine rings is 1. The zero-order valence-electron chi connectivity index (χ0n) is 20.9. The number of carbonyl (C=O) groups is 2. The maximum atomic E-state index is 13.4. The highest BCUT2D eigenvalue weighted by atomic mass is 35.5. The van der Waals surface area contributed by atoms with Crippen LogP contribution in [0.15, 0.2) is 33.5 Å². The molecule has 0 bridgehead atoms. The zero-order chi connectivity index (χ0) is 24.8. The van der Waals surface area contributed by atoms with Gasteiger partial charge in [-0.15, -0.1) is 0 Å². The Morgan fingerprint density at radius 3 is 2.53 bits per heavy atom. The maximum absolute atomic E-state index is 13.4. The highest BCUT2D eigenvalue weighted by Gasteiger charge is 2.54. The third-order valence-corrected chi connectivity index (χ3v) is 7.11. The summed E-state index contributed by atoms with van der Waals surface area (Å²) in [6.07, 6.45) is 5.87. The highest BCUT2D eigenvalue weighted by Crippen LogP contribution is 2.52. The molecule has 4 aliphatic rings. The van der Waals surface area contributed by atoms with Gasteiger partial charge in [0.15, 0.2) is 11.7 Å². The van der Waals surface area contributed by atoms with E-state index in [4.69, 9.17) is 21.3 Å². The molecule has 0 radical (unpaired) electrons. The fraction of sp³-hybridized carbons (Fsp3) is 0.680. The van der Waals surface area contributed by atoms with Crippen LogP contribution in [0.4, 0.5) is 4.79 Å². The number of hydrogen-bond acceptors (Lipinski definition) is 5. The van der Waals surface area contributed by atoms with Gasteiger partial charge in [0.05, 0.1) is 5.70 Å². The van der Waals surface area contributed by atoms with Gasteiger partial charge in [-0.05, 0) is 72.1 Å². The topological polar surface area (TPSA) is 86.6 Å². The Kier molecular flexibility index (Phi) is 6.57. The number of ether oxygens (including phenoxy) is 1. The minimum absolute atomic E-state index is 0.0188. The number of carbonyl (C=O) groups excluding carboxylic acids is 2. The number of nitrogens with one attached hydrogen (secondary N) is 1. The number of halogens is 1. The molecule has 2 saturated heterocycles. The SMILES string of the molecule is C=C(Cl)N=C1/C(=C\C)NC(=NCC2CC3(C2)CN(C(=O)OC(C)(C)C)C3)C(=O)N1[C@@H](C)C1CC1. The summed E-state index contributed by atoms with van der Waals surface area (Å²) in [4.78, 5) is 38.2. The first-order valence-electron chi connectivity index (χ1n) is 12.1. The minimum atomic E-state index is -0.476. The van der Waals surface area contributed by atoms with Crippen LogP contribution in [-0.2, 0) is 9.53 Å². The molecule has 1 atom stereocenters. The van der Waals surface area contributed by atoms with Crippen molar-refractivity contribution in [2.45, 2.75) is 71.9 Å². The fourth-order valence-corrected chi connectivity index (χ4v) is 5.35. The number of amidine groups is 2. The van der Waals surface area contributed by atoms with Gasteiger partial charge in [0.2, 0.25) is 0 Å². The molecule has 4 fully saturated rings. The van der Waals surface area contributed by atoms with Gasteiger partial charge in [0.25, 0.3) is 5.91 Å². The number of aliphatic imine (C=N–C) groups is 2. The molecule has 0 aromatic rings. The van der Waals surface area contributed by atoms with E-state index in [0.717, 1.165) is 38.8 Å². The largest absolute Gasteiger partial charge is 0.444 e. The van der Waals surface area contributed by atoms with Crippen LogP contribution in [0.2, 0.25) is 0 Å². The summed E-state index contributed by atoms with van der Waals surface area (Å²) in [5.74, 6) is 1.56. The van der Waals surface area contributed by atoms with Crippen LogP contribution in [0.3, 0.4) is 0 Å². The first kappa shape index (κ1) is 24.8. The van der Waals surface area contributed by atoms with Crippen LogP contribution in [0.5, 0.6) is 0 Å².